The van der Waals surface area contributed by atoms with E-state index in [0.29, 0.717) is 38.6 Å². The molecule has 0 aliphatic heterocycles. The largest absolute Gasteiger partial charge is 0.480 e. The lowest BCUT2D eigenvalue weighted by Crippen LogP contribution is -2.58. The molecule has 0 saturated carbocycles. The van der Waals surface area contributed by atoms with Crippen LogP contribution in [0.2, 0.25) is 0 Å². The van der Waals surface area contributed by atoms with E-state index >= 15 is 0 Å². The third-order valence-electron chi connectivity index (χ3n) is 14.7. The molecular formula is C67H112N6O8. The molecule has 0 bridgehead atoms. The fraction of sp³-hybridized carbons (Fsp3) is 0.746. The molecule has 0 spiro atoms. The first-order chi connectivity index (χ1) is 39.3. The van der Waals surface area contributed by atoms with E-state index < -0.39 is 60.3 Å². The lowest BCUT2D eigenvalue weighted by atomic mass is 10.0. The van der Waals surface area contributed by atoms with Crippen molar-refractivity contribution < 1.29 is 38.7 Å². The minimum atomic E-state index is -1.23. The number of hydrogen-bond donors (Lipinski definition) is 7. The zero-order chi connectivity index (χ0) is 59.4. The van der Waals surface area contributed by atoms with Crippen LogP contribution in [-0.2, 0) is 40.0 Å². The summed E-state index contributed by atoms with van der Waals surface area (Å²) in [5.74, 6) is 8.43. The minimum Gasteiger partial charge on any atom is -0.480 e. The van der Waals surface area contributed by atoms with Crippen molar-refractivity contribution in [1.82, 2.24) is 31.9 Å². The van der Waals surface area contributed by atoms with E-state index in [2.05, 4.69) is 69.4 Å². The molecule has 81 heavy (non-hydrogen) atoms. The maximum atomic E-state index is 13.9. The van der Waals surface area contributed by atoms with Crippen molar-refractivity contribution >= 4 is 41.4 Å². The number of rotatable bonds is 51. The van der Waals surface area contributed by atoms with Crippen molar-refractivity contribution in [2.24, 2.45) is 5.92 Å². The van der Waals surface area contributed by atoms with Crippen molar-refractivity contribution in [2.45, 2.75) is 303 Å². The van der Waals surface area contributed by atoms with Gasteiger partial charge in [0.2, 0.25) is 35.4 Å². The third-order valence-corrected chi connectivity index (χ3v) is 14.7. The zero-order valence-electron chi connectivity index (χ0n) is 51.4. The Hall–Kier alpha value is -5.37. The summed E-state index contributed by atoms with van der Waals surface area (Å²) in [7, 11) is 0. The van der Waals surface area contributed by atoms with Gasteiger partial charge in [-0.15, -0.1) is 0 Å². The first-order valence-electron chi connectivity index (χ1n) is 32.2. The Morgan fingerprint density at radius 3 is 1.37 bits per heavy atom. The molecule has 4 atom stereocenters. The number of hydrogen-bond acceptors (Lipinski definition) is 7. The number of carboxylic acid groups (broad SMARTS) is 1. The fourth-order valence-corrected chi connectivity index (χ4v) is 9.75. The molecule has 0 fully saturated rings. The van der Waals surface area contributed by atoms with E-state index in [4.69, 9.17) is 5.11 Å². The molecule has 6 amide bonds. The molecule has 1 aromatic rings. The molecule has 458 valence electrons. The molecule has 0 unspecified atom stereocenters. The van der Waals surface area contributed by atoms with Gasteiger partial charge in [0.1, 0.15) is 30.7 Å². The van der Waals surface area contributed by atoms with Crippen LogP contribution in [0, 0.1) is 29.6 Å². The van der Waals surface area contributed by atoms with Gasteiger partial charge in [0.05, 0.1) is 0 Å². The average Bonchev–Trinajstić information content (AvgIpc) is 3.44. The lowest BCUT2D eigenvalue weighted by Gasteiger charge is -2.26. The molecule has 1 aromatic carbocycles. The van der Waals surface area contributed by atoms with Gasteiger partial charge in [-0.1, -0.05) is 230 Å². The molecule has 0 radical (unpaired) electrons. The molecule has 1 rings (SSSR count). The topological polar surface area (TPSA) is 212 Å². The molecule has 14 nitrogen and oxygen atoms in total. The van der Waals surface area contributed by atoms with Gasteiger partial charge in [-0.2, -0.15) is 0 Å². The number of unbranched alkanes of at least 4 members (excludes halogenated alkanes) is 29. The van der Waals surface area contributed by atoms with Crippen LogP contribution < -0.4 is 31.9 Å². The van der Waals surface area contributed by atoms with Crippen LogP contribution in [0.25, 0.3) is 0 Å². The molecule has 7 N–H and O–H groups in total. The average molecular weight is 1130 g/mol. The van der Waals surface area contributed by atoms with Gasteiger partial charge in [0, 0.05) is 38.6 Å². The van der Waals surface area contributed by atoms with Gasteiger partial charge in [0.15, 0.2) is 0 Å². The number of carbonyl (C=O) groups is 7. The Labute approximate surface area is 491 Å². The van der Waals surface area contributed by atoms with E-state index in [-0.39, 0.29) is 37.0 Å². The van der Waals surface area contributed by atoms with Crippen LogP contribution in [0.3, 0.4) is 0 Å². The first kappa shape index (κ1) is 73.6. The predicted octanol–water partition coefficient (Wildman–Crippen LogP) is 12.6. The highest BCUT2D eigenvalue weighted by molar-refractivity contribution is 5.95. The molecule has 14 heteroatoms. The number of carbonyl (C=O) groups excluding carboxylic acids is 6. The normalized spacial score (nSPS) is 12.4. The maximum Gasteiger partial charge on any atom is 0.322 e. The quantitative estimate of drug-likeness (QED) is 0.0246. The van der Waals surface area contributed by atoms with E-state index in [1.165, 1.54) is 129 Å². The number of amides is 6. The van der Waals surface area contributed by atoms with Gasteiger partial charge in [0.25, 0.3) is 0 Å². The van der Waals surface area contributed by atoms with Crippen molar-refractivity contribution in [2.75, 3.05) is 13.1 Å². The van der Waals surface area contributed by atoms with E-state index in [0.717, 1.165) is 76.2 Å². The van der Waals surface area contributed by atoms with Gasteiger partial charge < -0.3 is 37.0 Å². The molecule has 0 aromatic heterocycles. The highest BCUT2D eigenvalue weighted by Crippen LogP contribution is 2.16. The predicted molar refractivity (Wildman–Crippen MR) is 330 cm³/mol. The highest BCUT2D eigenvalue weighted by Gasteiger charge is 2.30. The zero-order valence-corrected chi connectivity index (χ0v) is 51.4. The van der Waals surface area contributed by atoms with E-state index in [9.17, 15) is 33.6 Å². The third kappa shape index (κ3) is 44.0. The Morgan fingerprint density at radius 1 is 0.444 bits per heavy atom. The number of benzene rings is 1. The van der Waals surface area contributed by atoms with Gasteiger partial charge >= 0.3 is 5.97 Å². The Morgan fingerprint density at radius 2 is 0.889 bits per heavy atom. The second-order valence-electron chi connectivity index (χ2n) is 22.9. The second-order valence-corrected chi connectivity index (χ2v) is 22.9. The van der Waals surface area contributed by atoms with Crippen molar-refractivity contribution in [3.8, 4) is 23.7 Å². The highest BCUT2D eigenvalue weighted by atomic mass is 16.4. The Bertz CT molecular complexity index is 1970. The molecule has 0 aliphatic rings. The Balaban J connectivity index is 2.66. The minimum absolute atomic E-state index is 0.00240. The SMILES string of the molecule is CCCCCCCCCCCCC#CC#CCCCCCCCCC(=O)NCCCC[C@@H](NC(=O)CCCCCCCCCCCCCCC)C(=O)N[C@@H](C)C(=O)N[C@@H](CC(C)C)C(=O)N[C@@H](Cc1ccccc1)C(=O)NCC(=O)O. The maximum absolute atomic E-state index is 13.9. The fourth-order valence-electron chi connectivity index (χ4n) is 9.75. The van der Waals surface area contributed by atoms with Crippen molar-refractivity contribution in [1.29, 1.82) is 0 Å². The molecule has 0 saturated heterocycles. The number of carboxylic acids is 1. The summed E-state index contributed by atoms with van der Waals surface area (Å²) >= 11 is 0. The smallest absolute Gasteiger partial charge is 0.322 e. The van der Waals surface area contributed by atoms with Gasteiger partial charge in [-0.25, -0.2) is 0 Å². The summed E-state index contributed by atoms with van der Waals surface area (Å²) in [6.07, 6.45) is 39.2. The molecular weight excluding hydrogens is 1020 g/mol. The van der Waals surface area contributed by atoms with Crippen LogP contribution in [0.5, 0.6) is 0 Å². The molecule has 0 heterocycles. The van der Waals surface area contributed by atoms with Gasteiger partial charge in [-0.3, -0.25) is 33.6 Å². The van der Waals surface area contributed by atoms with E-state index in [1.54, 1.807) is 24.3 Å². The number of nitrogens with one attached hydrogen (secondary N) is 6. The summed E-state index contributed by atoms with van der Waals surface area (Å²) in [5.41, 5.74) is 0.737. The molecule has 0 aliphatic carbocycles. The Kier molecular flexibility index (Phi) is 46.8. The summed E-state index contributed by atoms with van der Waals surface area (Å²) in [5, 5.41) is 25.6. The van der Waals surface area contributed by atoms with Crippen LogP contribution in [0.4, 0.5) is 0 Å². The van der Waals surface area contributed by atoms with Crippen molar-refractivity contribution in [3.05, 3.63) is 35.9 Å². The second kappa shape index (κ2) is 51.5. The first-order valence-corrected chi connectivity index (χ1v) is 32.2. The van der Waals surface area contributed by atoms with Crippen LogP contribution >= 0.6 is 0 Å². The summed E-state index contributed by atoms with van der Waals surface area (Å²) in [6.45, 7) is 9.58. The standard InChI is InChI=1S/C67H112N6O8/c1-6-8-10-12-14-16-18-20-21-22-23-24-25-26-27-28-30-31-33-35-37-42-49-61(74)68-51-45-44-48-58(71-62(75)50-43-38-36-34-32-29-19-17-15-13-11-9-7-2)66(80)70-56(5)64(78)72-59(52-55(3)4)67(81)73-60(65(79)69-54-63(76)77)53-57-46-40-39-41-47-57/h39-41,46-47,55-56,58-60H,6-23,28-38,42-45,48-54H2,1-5H3,(H,68,74)(H,69,79)(H,70,80)(H,71,75)(H,72,78)(H,73,81)(H,76,77)/t56-,58+,59-,60-/m0/s1. The lowest BCUT2D eigenvalue weighted by molar-refractivity contribution is -0.138. The van der Waals surface area contributed by atoms with Crippen LogP contribution in [-0.4, -0.2) is 83.8 Å². The van der Waals surface area contributed by atoms with Crippen LogP contribution in [0.1, 0.15) is 278 Å². The summed E-state index contributed by atoms with van der Waals surface area (Å²) < 4.78 is 0. The van der Waals surface area contributed by atoms with Gasteiger partial charge in [-0.05, 0) is 81.6 Å². The van der Waals surface area contributed by atoms with Crippen molar-refractivity contribution in [3.63, 3.8) is 0 Å². The summed E-state index contributed by atoms with van der Waals surface area (Å²) in [4.78, 5) is 91.7. The van der Waals surface area contributed by atoms with E-state index in [1.807, 2.05) is 19.9 Å². The summed E-state index contributed by atoms with van der Waals surface area (Å²) in [6, 6.07) is 4.75. The van der Waals surface area contributed by atoms with Crippen LogP contribution in [0.15, 0.2) is 30.3 Å². The number of aliphatic carboxylic acids is 1. The monoisotopic (exact) mass is 1130 g/mol.